The van der Waals surface area contributed by atoms with Gasteiger partial charge in [-0.1, -0.05) is 50.2 Å². The van der Waals surface area contributed by atoms with Crippen LogP contribution in [0.3, 0.4) is 0 Å². The molecule has 0 heterocycles. The monoisotopic (exact) mass is 556 g/mol. The lowest BCUT2D eigenvalue weighted by atomic mass is 9.86. The smallest absolute Gasteiger partial charge is 0.157 e. The number of aromatic hydroxyl groups is 3. The normalized spacial score (nSPS) is 18.4. The van der Waals surface area contributed by atoms with Crippen LogP contribution in [0.1, 0.15) is 72.9 Å². The molecular formula is C36H48N2O3. The molecule has 0 bridgehead atoms. The van der Waals surface area contributed by atoms with Crippen LogP contribution in [0.4, 0.5) is 0 Å². The molecule has 5 heteroatoms. The van der Waals surface area contributed by atoms with E-state index < -0.39 is 0 Å². The molecule has 2 aliphatic carbocycles. The number of nitrogens with zero attached hydrogens (tertiary/aromatic N) is 2. The fourth-order valence-corrected chi connectivity index (χ4v) is 7.10. The zero-order valence-corrected chi connectivity index (χ0v) is 25.0. The standard InChI is InChI=1S/C36H48N2O3/c1-3-18-37(31-13-12-28-24-35(40)36(41)25-30(28)23-31)20-16-26-8-10-27(11-9-26)17-21-38(19-4-2)32-14-15-33-29(22-32)6-5-7-34(33)39/h5-11,24-25,31-32,39-41H,3-4,12-23H2,1-2H3. The van der Waals surface area contributed by atoms with Crippen molar-refractivity contribution in [2.75, 3.05) is 26.2 Å². The van der Waals surface area contributed by atoms with Crippen LogP contribution in [-0.2, 0) is 38.5 Å². The fourth-order valence-electron chi connectivity index (χ4n) is 7.10. The Balaban J connectivity index is 1.14. The molecule has 220 valence electrons. The first-order valence-corrected chi connectivity index (χ1v) is 15.8. The van der Waals surface area contributed by atoms with Gasteiger partial charge in [0.1, 0.15) is 5.75 Å². The molecule has 0 aromatic heterocycles. The molecule has 0 aliphatic heterocycles. The third kappa shape index (κ3) is 7.25. The maximum absolute atomic E-state index is 10.2. The first kappa shape index (κ1) is 29.5. The first-order chi connectivity index (χ1) is 19.9. The second-order valence-corrected chi connectivity index (χ2v) is 12.2. The second-order valence-electron chi connectivity index (χ2n) is 12.2. The summed E-state index contributed by atoms with van der Waals surface area (Å²) in [6.45, 7) is 8.84. The van der Waals surface area contributed by atoms with Crippen LogP contribution in [0.5, 0.6) is 17.2 Å². The van der Waals surface area contributed by atoms with Crippen molar-refractivity contribution in [1.82, 2.24) is 9.80 Å². The molecule has 3 aromatic rings. The van der Waals surface area contributed by atoms with Gasteiger partial charge in [0.15, 0.2) is 11.5 Å². The molecule has 3 aromatic carbocycles. The molecule has 5 rings (SSSR count). The minimum Gasteiger partial charge on any atom is -0.508 e. The SMILES string of the molecule is CCCN(CCc1ccc(CCN(CCC)C2CCc3c(O)cccc3C2)cc1)C1CCc2cc(O)c(O)cc2C1. The Morgan fingerprint density at radius 1 is 0.610 bits per heavy atom. The van der Waals surface area contributed by atoms with Crippen LogP contribution in [0, 0.1) is 0 Å². The lowest BCUT2D eigenvalue weighted by molar-refractivity contribution is 0.181. The van der Waals surface area contributed by atoms with Gasteiger partial charge in [0.2, 0.25) is 0 Å². The van der Waals surface area contributed by atoms with Gasteiger partial charge in [0.05, 0.1) is 0 Å². The van der Waals surface area contributed by atoms with E-state index in [-0.39, 0.29) is 11.5 Å². The van der Waals surface area contributed by atoms with E-state index in [0.717, 1.165) is 96.0 Å². The molecule has 5 nitrogen and oxygen atoms in total. The number of phenols is 3. The van der Waals surface area contributed by atoms with E-state index in [0.29, 0.717) is 17.8 Å². The van der Waals surface area contributed by atoms with E-state index >= 15 is 0 Å². The largest absolute Gasteiger partial charge is 0.508 e. The number of benzene rings is 3. The minimum absolute atomic E-state index is 0.00459. The zero-order valence-electron chi connectivity index (χ0n) is 25.0. The first-order valence-electron chi connectivity index (χ1n) is 15.8. The summed E-state index contributed by atoms with van der Waals surface area (Å²) in [7, 11) is 0. The summed E-state index contributed by atoms with van der Waals surface area (Å²) in [6.07, 6.45) is 10.5. The predicted octanol–water partition coefficient (Wildman–Crippen LogP) is 6.43. The lowest BCUT2D eigenvalue weighted by Gasteiger charge is -2.35. The maximum atomic E-state index is 10.2. The van der Waals surface area contributed by atoms with Crippen LogP contribution < -0.4 is 0 Å². The van der Waals surface area contributed by atoms with Gasteiger partial charge >= 0.3 is 0 Å². The zero-order chi connectivity index (χ0) is 28.8. The Labute approximate surface area is 246 Å². The number of fused-ring (bicyclic) bond motifs is 2. The van der Waals surface area contributed by atoms with Crippen molar-refractivity contribution >= 4 is 0 Å². The van der Waals surface area contributed by atoms with Crippen molar-refractivity contribution in [3.05, 3.63) is 88.0 Å². The molecule has 0 spiro atoms. The molecule has 0 fully saturated rings. The number of aryl methyl sites for hydroxylation is 1. The highest BCUT2D eigenvalue weighted by Crippen LogP contribution is 2.34. The summed E-state index contributed by atoms with van der Waals surface area (Å²) in [5, 5.41) is 30.1. The Hall–Kier alpha value is -3.02. The molecular weight excluding hydrogens is 508 g/mol. The van der Waals surface area contributed by atoms with Crippen LogP contribution in [0.2, 0.25) is 0 Å². The molecule has 0 saturated heterocycles. The summed E-state index contributed by atoms with van der Waals surface area (Å²) < 4.78 is 0. The van der Waals surface area contributed by atoms with E-state index in [1.165, 1.54) is 27.8 Å². The van der Waals surface area contributed by atoms with Crippen molar-refractivity contribution < 1.29 is 15.3 Å². The number of hydrogen-bond donors (Lipinski definition) is 3. The van der Waals surface area contributed by atoms with E-state index in [4.69, 9.17) is 0 Å². The van der Waals surface area contributed by atoms with Gasteiger partial charge in [-0.25, -0.2) is 0 Å². The number of rotatable bonds is 12. The number of hydrogen-bond acceptors (Lipinski definition) is 5. The van der Waals surface area contributed by atoms with Gasteiger partial charge in [0.25, 0.3) is 0 Å². The van der Waals surface area contributed by atoms with E-state index in [2.05, 4.69) is 54.0 Å². The lowest BCUT2D eigenvalue weighted by Crippen LogP contribution is -2.41. The molecule has 0 radical (unpaired) electrons. The van der Waals surface area contributed by atoms with Crippen molar-refractivity contribution in [2.45, 2.75) is 90.1 Å². The van der Waals surface area contributed by atoms with Crippen molar-refractivity contribution in [3.63, 3.8) is 0 Å². The van der Waals surface area contributed by atoms with Gasteiger partial charge in [-0.2, -0.15) is 0 Å². The molecule has 41 heavy (non-hydrogen) atoms. The summed E-state index contributed by atoms with van der Waals surface area (Å²) in [4.78, 5) is 5.30. The summed E-state index contributed by atoms with van der Waals surface area (Å²) in [5.41, 5.74) is 7.62. The van der Waals surface area contributed by atoms with Crippen molar-refractivity contribution in [1.29, 1.82) is 0 Å². The maximum Gasteiger partial charge on any atom is 0.157 e. The molecule has 2 aliphatic rings. The van der Waals surface area contributed by atoms with Crippen LogP contribution >= 0.6 is 0 Å². The summed E-state index contributed by atoms with van der Waals surface area (Å²) >= 11 is 0. The predicted molar refractivity (Wildman–Crippen MR) is 167 cm³/mol. The van der Waals surface area contributed by atoms with Gasteiger partial charge in [-0.05, 0) is 129 Å². The number of phenolic OH excluding ortho intramolecular Hbond substituents is 3. The Kier molecular flexibility index (Phi) is 9.89. The third-order valence-corrected chi connectivity index (χ3v) is 9.38. The fraction of sp³-hybridized carbons (Fsp3) is 0.500. The Morgan fingerprint density at radius 2 is 1.15 bits per heavy atom. The summed E-state index contributed by atoms with van der Waals surface area (Å²) in [6, 6.07) is 19.8. The molecule has 2 unspecified atom stereocenters. The van der Waals surface area contributed by atoms with E-state index in [1.54, 1.807) is 12.1 Å². The summed E-state index contributed by atoms with van der Waals surface area (Å²) in [5.74, 6) is 0.454. The average Bonchev–Trinajstić information content (AvgIpc) is 2.98. The van der Waals surface area contributed by atoms with E-state index in [1.807, 2.05) is 12.1 Å². The van der Waals surface area contributed by atoms with Crippen molar-refractivity contribution in [2.24, 2.45) is 0 Å². The average molecular weight is 557 g/mol. The van der Waals surface area contributed by atoms with Crippen LogP contribution in [0.15, 0.2) is 54.6 Å². The topological polar surface area (TPSA) is 67.2 Å². The van der Waals surface area contributed by atoms with Gasteiger partial charge in [0, 0.05) is 25.2 Å². The Bertz CT molecular complexity index is 1290. The van der Waals surface area contributed by atoms with Crippen LogP contribution in [0.25, 0.3) is 0 Å². The molecule has 0 amide bonds. The Morgan fingerprint density at radius 3 is 1.73 bits per heavy atom. The van der Waals surface area contributed by atoms with Crippen LogP contribution in [-0.4, -0.2) is 63.4 Å². The van der Waals surface area contributed by atoms with Gasteiger partial charge < -0.3 is 15.3 Å². The van der Waals surface area contributed by atoms with E-state index in [9.17, 15) is 15.3 Å². The highest BCUT2D eigenvalue weighted by Gasteiger charge is 2.26. The highest BCUT2D eigenvalue weighted by molar-refractivity contribution is 5.47. The molecule has 2 atom stereocenters. The van der Waals surface area contributed by atoms with Gasteiger partial charge in [-0.15, -0.1) is 0 Å². The molecule has 3 N–H and O–H groups in total. The molecule has 0 saturated carbocycles. The van der Waals surface area contributed by atoms with Gasteiger partial charge in [-0.3, -0.25) is 9.80 Å². The quantitative estimate of drug-likeness (QED) is 0.225. The van der Waals surface area contributed by atoms with Crippen molar-refractivity contribution in [3.8, 4) is 17.2 Å². The minimum atomic E-state index is -0.00583. The third-order valence-electron chi connectivity index (χ3n) is 9.38. The second kappa shape index (κ2) is 13.8. The highest BCUT2D eigenvalue weighted by atomic mass is 16.3.